The van der Waals surface area contributed by atoms with Crippen molar-refractivity contribution in [2.45, 2.75) is 6.92 Å². The summed E-state index contributed by atoms with van der Waals surface area (Å²) in [4.78, 5) is 7.76. The van der Waals surface area contributed by atoms with Crippen LogP contribution in [0, 0.1) is 12.9 Å². The summed E-state index contributed by atoms with van der Waals surface area (Å²) >= 11 is 0. The lowest BCUT2D eigenvalue weighted by atomic mass is 10.4. The Balaban J connectivity index is 2.53. The molecule has 0 bridgehead atoms. The van der Waals surface area contributed by atoms with E-state index >= 15 is 0 Å². The fourth-order valence-electron chi connectivity index (χ4n) is 1.15. The highest BCUT2D eigenvalue weighted by molar-refractivity contribution is 5.23. The molecule has 0 aromatic carbocycles. The summed E-state index contributed by atoms with van der Waals surface area (Å²) in [6.07, 6.45) is 3.40. The molecule has 2 rings (SSSR count). The van der Waals surface area contributed by atoms with Gasteiger partial charge in [0.2, 0.25) is 5.95 Å². The van der Waals surface area contributed by atoms with Crippen molar-refractivity contribution in [3.8, 4) is 5.82 Å². The number of halogens is 1. The van der Waals surface area contributed by atoms with Crippen LogP contribution in [-0.2, 0) is 0 Å². The summed E-state index contributed by atoms with van der Waals surface area (Å²) in [5, 5.41) is 0. The molecule has 0 saturated heterocycles. The van der Waals surface area contributed by atoms with Crippen LogP contribution in [0.25, 0.3) is 5.82 Å². The van der Waals surface area contributed by atoms with Crippen molar-refractivity contribution in [1.29, 1.82) is 0 Å². The lowest BCUT2D eigenvalue weighted by molar-refractivity contribution is 0.580. The van der Waals surface area contributed by atoms with E-state index in [1.165, 1.54) is 6.07 Å². The number of aromatic nitrogens is 3. The summed E-state index contributed by atoms with van der Waals surface area (Å²) in [5.74, 6) is 0.860. The third kappa shape index (κ3) is 1.42. The van der Waals surface area contributed by atoms with Gasteiger partial charge < -0.3 is 0 Å². The van der Waals surface area contributed by atoms with Crippen molar-refractivity contribution < 1.29 is 4.39 Å². The van der Waals surface area contributed by atoms with Crippen LogP contribution >= 0.6 is 0 Å². The largest absolute Gasteiger partial charge is 0.288 e. The highest BCUT2D eigenvalue weighted by Gasteiger charge is 2.01. The summed E-state index contributed by atoms with van der Waals surface area (Å²) in [6, 6.07) is 4.67. The first-order valence-corrected chi connectivity index (χ1v) is 3.90. The van der Waals surface area contributed by atoms with Crippen LogP contribution in [-0.4, -0.2) is 14.5 Å². The molecule has 2 heterocycles. The van der Waals surface area contributed by atoms with E-state index < -0.39 is 5.95 Å². The normalized spacial score (nSPS) is 10.3. The first kappa shape index (κ1) is 7.91. The molecule has 0 N–H and O–H groups in total. The van der Waals surface area contributed by atoms with Gasteiger partial charge in [-0.3, -0.25) is 4.57 Å². The lowest BCUT2D eigenvalue weighted by Crippen LogP contribution is -1.99. The molecule has 0 spiro atoms. The third-order valence-electron chi connectivity index (χ3n) is 1.77. The van der Waals surface area contributed by atoms with Crippen LogP contribution in [0.15, 0.2) is 30.6 Å². The fraction of sp³-hybridized carbons (Fsp3) is 0.111. The van der Waals surface area contributed by atoms with Crippen LogP contribution in [0.2, 0.25) is 0 Å². The Morgan fingerprint density at radius 1 is 1.38 bits per heavy atom. The first-order chi connectivity index (χ1) is 6.27. The van der Waals surface area contributed by atoms with Crippen molar-refractivity contribution in [1.82, 2.24) is 14.5 Å². The summed E-state index contributed by atoms with van der Waals surface area (Å²) in [6.45, 7) is 1.84. The maximum atomic E-state index is 12.7. The lowest BCUT2D eigenvalue weighted by Gasteiger charge is -2.02. The maximum Gasteiger partial charge on any atom is 0.214 e. The summed E-state index contributed by atoms with van der Waals surface area (Å²) < 4.78 is 14.5. The second kappa shape index (κ2) is 2.97. The van der Waals surface area contributed by atoms with E-state index in [1.807, 2.05) is 6.92 Å². The Hall–Kier alpha value is -1.71. The minimum absolute atomic E-state index is 0.481. The SMILES string of the molecule is Cc1nccn1-c1cccc(F)n1. The molecule has 0 unspecified atom stereocenters. The molecule has 3 nitrogen and oxygen atoms in total. The molecule has 0 aliphatic heterocycles. The van der Waals surface area contributed by atoms with Crippen LogP contribution in [0.1, 0.15) is 5.82 Å². The van der Waals surface area contributed by atoms with E-state index in [2.05, 4.69) is 9.97 Å². The van der Waals surface area contributed by atoms with Gasteiger partial charge >= 0.3 is 0 Å². The van der Waals surface area contributed by atoms with Gasteiger partial charge in [0.15, 0.2) is 0 Å². The van der Waals surface area contributed by atoms with Gasteiger partial charge in [0.25, 0.3) is 0 Å². The van der Waals surface area contributed by atoms with E-state index in [1.54, 1.807) is 29.1 Å². The molecular weight excluding hydrogens is 169 g/mol. The van der Waals surface area contributed by atoms with Crippen molar-refractivity contribution in [2.75, 3.05) is 0 Å². The average Bonchev–Trinajstić information content (AvgIpc) is 2.51. The number of nitrogens with zero attached hydrogens (tertiary/aromatic N) is 3. The second-order valence-corrected chi connectivity index (χ2v) is 2.66. The molecule has 66 valence electrons. The number of rotatable bonds is 1. The van der Waals surface area contributed by atoms with Gasteiger partial charge in [0.1, 0.15) is 11.6 Å². The van der Waals surface area contributed by atoms with Crippen LogP contribution in [0.3, 0.4) is 0 Å². The molecule has 2 aromatic heterocycles. The third-order valence-corrected chi connectivity index (χ3v) is 1.77. The minimum Gasteiger partial charge on any atom is -0.288 e. The molecule has 0 saturated carbocycles. The molecule has 0 amide bonds. The standard InChI is InChI=1S/C9H8FN3/c1-7-11-5-6-13(7)9-4-2-3-8(10)12-9/h2-6H,1H3. The topological polar surface area (TPSA) is 30.7 Å². The number of hydrogen-bond donors (Lipinski definition) is 0. The molecule has 0 aliphatic rings. The van der Waals surface area contributed by atoms with Crippen molar-refractivity contribution in [2.24, 2.45) is 0 Å². The Bertz CT molecular complexity index is 422. The number of hydrogen-bond acceptors (Lipinski definition) is 2. The summed E-state index contributed by atoms with van der Waals surface area (Å²) in [5.41, 5.74) is 0. The van der Waals surface area contributed by atoms with Crippen LogP contribution < -0.4 is 0 Å². The quantitative estimate of drug-likeness (QED) is 0.621. The molecule has 0 atom stereocenters. The van der Waals surface area contributed by atoms with E-state index in [0.29, 0.717) is 5.82 Å². The van der Waals surface area contributed by atoms with Gasteiger partial charge in [0.05, 0.1) is 0 Å². The van der Waals surface area contributed by atoms with Gasteiger partial charge in [-0.2, -0.15) is 4.39 Å². The van der Waals surface area contributed by atoms with Gasteiger partial charge in [-0.15, -0.1) is 0 Å². The molecule has 2 aromatic rings. The van der Waals surface area contributed by atoms with E-state index in [-0.39, 0.29) is 0 Å². The zero-order valence-corrected chi connectivity index (χ0v) is 7.11. The minimum atomic E-state index is -0.481. The van der Waals surface area contributed by atoms with Crippen molar-refractivity contribution in [3.05, 3.63) is 42.4 Å². The number of imidazole rings is 1. The van der Waals surface area contributed by atoms with Crippen LogP contribution in [0.5, 0.6) is 0 Å². The monoisotopic (exact) mass is 177 g/mol. The molecule has 4 heteroatoms. The Labute approximate surface area is 74.9 Å². The zero-order valence-electron chi connectivity index (χ0n) is 7.11. The van der Waals surface area contributed by atoms with Gasteiger partial charge in [0, 0.05) is 12.4 Å². The van der Waals surface area contributed by atoms with Gasteiger partial charge in [-0.25, -0.2) is 9.97 Å². The Morgan fingerprint density at radius 2 is 2.23 bits per heavy atom. The van der Waals surface area contributed by atoms with Gasteiger partial charge in [-0.1, -0.05) is 6.07 Å². The maximum absolute atomic E-state index is 12.7. The molecule has 0 fully saturated rings. The second-order valence-electron chi connectivity index (χ2n) is 2.66. The van der Waals surface area contributed by atoms with Crippen LogP contribution in [0.4, 0.5) is 4.39 Å². The molecule has 0 radical (unpaired) electrons. The van der Waals surface area contributed by atoms with Crippen molar-refractivity contribution in [3.63, 3.8) is 0 Å². The molecule has 13 heavy (non-hydrogen) atoms. The van der Waals surface area contributed by atoms with Gasteiger partial charge in [-0.05, 0) is 19.1 Å². The zero-order chi connectivity index (χ0) is 9.26. The average molecular weight is 177 g/mol. The molecular formula is C9H8FN3. The fourth-order valence-corrected chi connectivity index (χ4v) is 1.15. The van der Waals surface area contributed by atoms with E-state index in [0.717, 1.165) is 5.82 Å². The Kier molecular flexibility index (Phi) is 1.81. The summed E-state index contributed by atoms with van der Waals surface area (Å²) in [7, 11) is 0. The van der Waals surface area contributed by atoms with E-state index in [4.69, 9.17) is 0 Å². The predicted molar refractivity (Wildman–Crippen MR) is 46.1 cm³/mol. The van der Waals surface area contributed by atoms with Crippen molar-refractivity contribution >= 4 is 0 Å². The highest BCUT2D eigenvalue weighted by atomic mass is 19.1. The number of pyridine rings is 1. The first-order valence-electron chi connectivity index (χ1n) is 3.90. The predicted octanol–water partition coefficient (Wildman–Crippen LogP) is 1.71. The van der Waals surface area contributed by atoms with E-state index in [9.17, 15) is 4.39 Å². The Morgan fingerprint density at radius 3 is 2.85 bits per heavy atom. The smallest absolute Gasteiger partial charge is 0.214 e. The molecule has 0 aliphatic carbocycles. The highest BCUT2D eigenvalue weighted by Crippen LogP contribution is 2.06. The number of aryl methyl sites for hydroxylation is 1.